The van der Waals surface area contributed by atoms with E-state index >= 15 is 0 Å². The van der Waals surface area contributed by atoms with Gasteiger partial charge in [-0.15, -0.1) is 0 Å². The highest BCUT2D eigenvalue weighted by atomic mass is 16.5. The van der Waals surface area contributed by atoms with E-state index in [1.807, 2.05) is 20.8 Å². The lowest BCUT2D eigenvalue weighted by Crippen LogP contribution is -2.33. The third kappa shape index (κ3) is 3.81. The molecular weight excluding hydrogens is 256 g/mol. The number of carbonyl (C=O) groups is 2. The first-order chi connectivity index (χ1) is 9.40. The lowest BCUT2D eigenvalue weighted by Gasteiger charge is -2.19. The molecule has 0 heterocycles. The van der Waals surface area contributed by atoms with E-state index in [0.29, 0.717) is 17.8 Å². The molecule has 0 radical (unpaired) electrons. The highest BCUT2D eigenvalue weighted by Crippen LogP contribution is 2.19. The molecule has 0 bridgehead atoms. The summed E-state index contributed by atoms with van der Waals surface area (Å²) in [6.45, 7) is 6.06. The van der Waals surface area contributed by atoms with Crippen LogP contribution in [0.1, 0.15) is 29.8 Å². The maximum absolute atomic E-state index is 12.1. The number of nitrogens with two attached hydrogens (primary N) is 1. The standard InChI is InChI=1S/C15H22N2O3/c1-9(2)12(8-16)14(18)17-13-6-5-11(7-10(13)3)15(19)20-4/h5-7,9,12H,8,16H2,1-4H3,(H,17,18). The molecule has 0 aliphatic heterocycles. The zero-order valence-corrected chi connectivity index (χ0v) is 12.4. The van der Waals surface area contributed by atoms with Crippen LogP contribution in [0.3, 0.4) is 0 Å². The van der Waals surface area contributed by atoms with Crippen molar-refractivity contribution in [1.29, 1.82) is 0 Å². The fourth-order valence-corrected chi connectivity index (χ4v) is 1.96. The molecular formula is C15H22N2O3. The number of rotatable bonds is 5. The number of benzene rings is 1. The molecule has 1 amide bonds. The maximum atomic E-state index is 12.1. The zero-order valence-electron chi connectivity index (χ0n) is 12.4. The Morgan fingerprint density at radius 3 is 2.45 bits per heavy atom. The Hall–Kier alpha value is -1.88. The van der Waals surface area contributed by atoms with Crippen molar-refractivity contribution < 1.29 is 14.3 Å². The van der Waals surface area contributed by atoms with E-state index in [9.17, 15) is 9.59 Å². The van der Waals surface area contributed by atoms with Crippen LogP contribution in [0, 0.1) is 18.8 Å². The summed E-state index contributed by atoms with van der Waals surface area (Å²) in [7, 11) is 1.34. The fraction of sp³-hybridized carbons (Fsp3) is 0.467. The van der Waals surface area contributed by atoms with Gasteiger partial charge < -0.3 is 15.8 Å². The molecule has 1 rings (SSSR count). The van der Waals surface area contributed by atoms with Gasteiger partial charge in [0.1, 0.15) is 0 Å². The number of ether oxygens (including phenoxy) is 1. The van der Waals surface area contributed by atoms with Crippen LogP contribution in [0.4, 0.5) is 5.69 Å². The van der Waals surface area contributed by atoms with Crippen molar-refractivity contribution in [3.8, 4) is 0 Å². The number of esters is 1. The lowest BCUT2D eigenvalue weighted by molar-refractivity contribution is -0.120. The van der Waals surface area contributed by atoms with Crippen molar-refractivity contribution in [2.45, 2.75) is 20.8 Å². The average molecular weight is 278 g/mol. The number of anilines is 1. The second-order valence-electron chi connectivity index (χ2n) is 5.10. The van der Waals surface area contributed by atoms with Crippen LogP contribution in [-0.2, 0) is 9.53 Å². The first-order valence-electron chi connectivity index (χ1n) is 6.60. The van der Waals surface area contributed by atoms with E-state index in [4.69, 9.17) is 5.73 Å². The van der Waals surface area contributed by atoms with Gasteiger partial charge in [0.05, 0.1) is 18.6 Å². The van der Waals surface area contributed by atoms with Crippen LogP contribution in [-0.4, -0.2) is 25.5 Å². The van der Waals surface area contributed by atoms with Gasteiger partial charge in [-0.2, -0.15) is 0 Å². The normalized spacial score (nSPS) is 12.1. The van der Waals surface area contributed by atoms with E-state index in [2.05, 4.69) is 10.1 Å². The molecule has 1 aromatic carbocycles. The number of amides is 1. The van der Waals surface area contributed by atoms with Gasteiger partial charge in [-0.25, -0.2) is 4.79 Å². The fourth-order valence-electron chi connectivity index (χ4n) is 1.96. The minimum atomic E-state index is -0.395. The number of aryl methyl sites for hydroxylation is 1. The minimum absolute atomic E-state index is 0.101. The van der Waals surface area contributed by atoms with Gasteiger partial charge in [-0.05, 0) is 36.6 Å². The third-order valence-corrected chi connectivity index (χ3v) is 3.30. The minimum Gasteiger partial charge on any atom is -0.465 e. The predicted octanol–water partition coefficient (Wildman–Crippen LogP) is 1.95. The molecule has 0 aromatic heterocycles. The summed E-state index contributed by atoms with van der Waals surface area (Å²) < 4.78 is 4.66. The molecule has 1 aromatic rings. The monoisotopic (exact) mass is 278 g/mol. The van der Waals surface area contributed by atoms with Gasteiger partial charge in [0, 0.05) is 12.2 Å². The van der Waals surface area contributed by atoms with E-state index < -0.39 is 5.97 Å². The predicted molar refractivity (Wildman–Crippen MR) is 78.5 cm³/mol. The van der Waals surface area contributed by atoms with E-state index in [-0.39, 0.29) is 17.7 Å². The number of methoxy groups -OCH3 is 1. The molecule has 0 spiro atoms. The highest BCUT2D eigenvalue weighted by Gasteiger charge is 2.21. The molecule has 0 saturated heterocycles. The van der Waals surface area contributed by atoms with Gasteiger partial charge in [0.25, 0.3) is 0 Å². The van der Waals surface area contributed by atoms with Gasteiger partial charge in [0.2, 0.25) is 5.91 Å². The molecule has 3 N–H and O–H groups in total. The zero-order chi connectivity index (χ0) is 15.3. The smallest absolute Gasteiger partial charge is 0.337 e. The Morgan fingerprint density at radius 2 is 2.00 bits per heavy atom. The first kappa shape index (κ1) is 16.2. The topological polar surface area (TPSA) is 81.4 Å². The summed E-state index contributed by atoms with van der Waals surface area (Å²) in [5.41, 5.74) is 7.58. The molecule has 0 aliphatic rings. The van der Waals surface area contributed by atoms with Gasteiger partial charge >= 0.3 is 5.97 Å². The van der Waals surface area contributed by atoms with Crippen molar-refractivity contribution in [3.63, 3.8) is 0 Å². The Balaban J connectivity index is 2.88. The number of hydrogen-bond acceptors (Lipinski definition) is 4. The summed E-state index contributed by atoms with van der Waals surface area (Å²) in [5, 5.41) is 2.86. The SMILES string of the molecule is COC(=O)c1ccc(NC(=O)C(CN)C(C)C)c(C)c1. The van der Waals surface area contributed by atoms with Crippen molar-refractivity contribution >= 4 is 17.6 Å². The molecule has 110 valence electrons. The molecule has 5 heteroatoms. The van der Waals surface area contributed by atoms with E-state index in [1.54, 1.807) is 18.2 Å². The summed E-state index contributed by atoms with van der Waals surface area (Å²) in [5.74, 6) is -0.547. The Kier molecular flexibility index (Phi) is 5.70. The number of carbonyl (C=O) groups excluding carboxylic acids is 2. The average Bonchev–Trinajstić information content (AvgIpc) is 2.40. The van der Waals surface area contributed by atoms with Gasteiger partial charge in [-0.3, -0.25) is 4.79 Å². The first-order valence-corrected chi connectivity index (χ1v) is 6.60. The van der Waals surface area contributed by atoms with Crippen LogP contribution < -0.4 is 11.1 Å². The van der Waals surface area contributed by atoms with Gasteiger partial charge in [-0.1, -0.05) is 13.8 Å². The van der Waals surface area contributed by atoms with Crippen molar-refractivity contribution in [2.24, 2.45) is 17.6 Å². The molecule has 0 saturated carbocycles. The van der Waals surface area contributed by atoms with Crippen LogP contribution >= 0.6 is 0 Å². The van der Waals surface area contributed by atoms with Crippen LogP contribution in [0.5, 0.6) is 0 Å². The molecule has 1 atom stereocenters. The maximum Gasteiger partial charge on any atom is 0.337 e. The number of nitrogens with one attached hydrogen (secondary N) is 1. The third-order valence-electron chi connectivity index (χ3n) is 3.30. The van der Waals surface area contributed by atoms with Crippen molar-refractivity contribution in [2.75, 3.05) is 19.0 Å². The molecule has 0 aliphatic carbocycles. The molecule has 5 nitrogen and oxygen atoms in total. The summed E-state index contributed by atoms with van der Waals surface area (Å²) in [4.78, 5) is 23.5. The summed E-state index contributed by atoms with van der Waals surface area (Å²) in [6.07, 6.45) is 0. The molecule has 0 fully saturated rings. The van der Waals surface area contributed by atoms with E-state index in [1.165, 1.54) is 7.11 Å². The molecule has 20 heavy (non-hydrogen) atoms. The van der Waals surface area contributed by atoms with Crippen molar-refractivity contribution in [3.05, 3.63) is 29.3 Å². The number of hydrogen-bond donors (Lipinski definition) is 2. The van der Waals surface area contributed by atoms with Crippen LogP contribution in [0.2, 0.25) is 0 Å². The largest absolute Gasteiger partial charge is 0.465 e. The Labute approximate surface area is 119 Å². The summed E-state index contributed by atoms with van der Waals surface area (Å²) >= 11 is 0. The second-order valence-corrected chi connectivity index (χ2v) is 5.10. The molecule has 1 unspecified atom stereocenters. The van der Waals surface area contributed by atoms with E-state index in [0.717, 1.165) is 5.56 Å². The second kappa shape index (κ2) is 7.05. The van der Waals surface area contributed by atoms with Crippen LogP contribution in [0.15, 0.2) is 18.2 Å². The highest BCUT2D eigenvalue weighted by molar-refractivity contribution is 5.95. The van der Waals surface area contributed by atoms with Crippen LogP contribution in [0.25, 0.3) is 0 Å². The Bertz CT molecular complexity index is 498. The Morgan fingerprint density at radius 1 is 1.35 bits per heavy atom. The van der Waals surface area contributed by atoms with Gasteiger partial charge in [0.15, 0.2) is 0 Å². The lowest BCUT2D eigenvalue weighted by atomic mass is 9.95. The summed E-state index contributed by atoms with van der Waals surface area (Å²) in [6, 6.07) is 5.02. The quantitative estimate of drug-likeness (QED) is 0.807. The van der Waals surface area contributed by atoms with Crippen molar-refractivity contribution in [1.82, 2.24) is 0 Å².